The molecule has 0 heterocycles. The summed E-state index contributed by atoms with van der Waals surface area (Å²) in [5.41, 5.74) is 5.61. The molecule has 2 atom stereocenters. The fourth-order valence-corrected chi connectivity index (χ4v) is 1.49. The summed E-state index contributed by atoms with van der Waals surface area (Å²) in [5, 5.41) is 18.7. The summed E-state index contributed by atoms with van der Waals surface area (Å²) >= 11 is 0. The molecule has 1 rings (SSSR count). The van der Waals surface area contributed by atoms with Crippen LogP contribution in [0.25, 0.3) is 0 Å². The van der Waals surface area contributed by atoms with Gasteiger partial charge in [-0.2, -0.15) is 0 Å². The molecule has 17 heavy (non-hydrogen) atoms. The zero-order valence-corrected chi connectivity index (χ0v) is 9.58. The van der Waals surface area contributed by atoms with E-state index in [1.165, 1.54) is 14.2 Å². The highest BCUT2D eigenvalue weighted by atomic mass is 16.5. The van der Waals surface area contributed by atoms with Gasteiger partial charge in [0.1, 0.15) is 23.6 Å². The predicted molar refractivity (Wildman–Crippen MR) is 60.1 cm³/mol. The predicted octanol–water partition coefficient (Wildman–Crippen LogP) is 0.149. The average molecular weight is 241 g/mol. The normalized spacial score (nSPS) is 13.9. The second-order valence-electron chi connectivity index (χ2n) is 3.39. The second kappa shape index (κ2) is 5.51. The number of carbonyl (C=O) groups is 1. The highest BCUT2D eigenvalue weighted by molar-refractivity contribution is 5.74. The lowest BCUT2D eigenvalue weighted by Gasteiger charge is -2.20. The zero-order valence-electron chi connectivity index (χ0n) is 9.58. The maximum absolute atomic E-state index is 10.7. The van der Waals surface area contributed by atoms with E-state index in [-0.39, 0.29) is 5.56 Å². The minimum Gasteiger partial charge on any atom is -0.496 e. The molecule has 0 saturated heterocycles. The van der Waals surface area contributed by atoms with E-state index in [0.717, 1.165) is 0 Å². The molecule has 0 fully saturated rings. The van der Waals surface area contributed by atoms with Gasteiger partial charge >= 0.3 is 5.97 Å². The SMILES string of the molecule is COc1cccc(OC)c1C(O)C(N)C(=O)O. The van der Waals surface area contributed by atoms with Crippen molar-refractivity contribution in [3.8, 4) is 11.5 Å². The van der Waals surface area contributed by atoms with E-state index in [1.807, 2.05) is 0 Å². The van der Waals surface area contributed by atoms with Crippen molar-refractivity contribution < 1.29 is 24.5 Å². The van der Waals surface area contributed by atoms with Crippen LogP contribution in [0.1, 0.15) is 11.7 Å². The number of aliphatic hydroxyl groups excluding tert-OH is 1. The number of hydrogen-bond acceptors (Lipinski definition) is 5. The number of benzene rings is 1. The first kappa shape index (κ1) is 13.3. The molecule has 0 amide bonds. The Bertz CT molecular complexity index is 385. The van der Waals surface area contributed by atoms with Gasteiger partial charge in [-0.15, -0.1) is 0 Å². The number of hydrogen-bond donors (Lipinski definition) is 3. The fourth-order valence-electron chi connectivity index (χ4n) is 1.49. The molecule has 0 bridgehead atoms. The molecule has 0 aromatic heterocycles. The molecule has 1 aromatic carbocycles. The van der Waals surface area contributed by atoms with E-state index in [4.69, 9.17) is 20.3 Å². The van der Waals surface area contributed by atoms with Crippen LogP contribution in [0.4, 0.5) is 0 Å². The zero-order chi connectivity index (χ0) is 13.0. The quantitative estimate of drug-likeness (QED) is 0.678. The van der Waals surface area contributed by atoms with Gasteiger partial charge in [0.05, 0.1) is 19.8 Å². The number of aliphatic carboxylic acids is 1. The molecule has 4 N–H and O–H groups in total. The van der Waals surface area contributed by atoms with E-state index >= 15 is 0 Å². The summed E-state index contributed by atoms with van der Waals surface area (Å²) in [6, 6.07) is 3.41. The Balaban J connectivity index is 3.22. The van der Waals surface area contributed by atoms with Crippen LogP contribution in [0.5, 0.6) is 11.5 Å². The number of aliphatic hydroxyl groups is 1. The molecule has 0 saturated carbocycles. The van der Waals surface area contributed by atoms with Gasteiger partial charge in [0.25, 0.3) is 0 Å². The Morgan fingerprint density at radius 1 is 1.29 bits per heavy atom. The van der Waals surface area contributed by atoms with Crippen LogP contribution < -0.4 is 15.2 Å². The maximum atomic E-state index is 10.7. The molecule has 0 aliphatic heterocycles. The number of carboxylic acid groups (broad SMARTS) is 1. The van der Waals surface area contributed by atoms with Crippen molar-refractivity contribution in [3.05, 3.63) is 23.8 Å². The molecular formula is C11H15NO5. The highest BCUT2D eigenvalue weighted by Gasteiger charge is 2.29. The molecule has 94 valence electrons. The van der Waals surface area contributed by atoms with Gasteiger partial charge in [0.15, 0.2) is 0 Å². The number of nitrogens with two attached hydrogens (primary N) is 1. The van der Waals surface area contributed by atoms with Crippen LogP contribution in [0.3, 0.4) is 0 Å². The molecule has 6 nitrogen and oxygen atoms in total. The van der Waals surface area contributed by atoms with Gasteiger partial charge in [-0.3, -0.25) is 4.79 Å². The molecule has 2 unspecified atom stereocenters. The Labute approximate surface area is 98.6 Å². The first-order valence-corrected chi connectivity index (χ1v) is 4.90. The van der Waals surface area contributed by atoms with Crippen molar-refractivity contribution in [2.75, 3.05) is 14.2 Å². The van der Waals surface area contributed by atoms with Crippen molar-refractivity contribution >= 4 is 5.97 Å². The summed E-state index contributed by atoms with van der Waals surface area (Å²) < 4.78 is 10.1. The monoisotopic (exact) mass is 241 g/mol. The fraction of sp³-hybridized carbons (Fsp3) is 0.364. The highest BCUT2D eigenvalue weighted by Crippen LogP contribution is 2.35. The van der Waals surface area contributed by atoms with Crippen LogP contribution in [0.15, 0.2) is 18.2 Å². The van der Waals surface area contributed by atoms with Crippen molar-refractivity contribution in [3.63, 3.8) is 0 Å². The third kappa shape index (κ3) is 2.66. The van der Waals surface area contributed by atoms with Crippen molar-refractivity contribution in [2.24, 2.45) is 5.73 Å². The average Bonchev–Trinajstić information content (AvgIpc) is 2.35. The third-order valence-electron chi connectivity index (χ3n) is 2.39. The minimum atomic E-state index is -1.44. The van der Waals surface area contributed by atoms with Crippen molar-refractivity contribution in [1.29, 1.82) is 0 Å². The molecule has 0 aliphatic rings. The maximum Gasteiger partial charge on any atom is 0.323 e. The number of ether oxygens (including phenoxy) is 2. The Kier molecular flexibility index (Phi) is 4.30. The summed E-state index contributed by atoms with van der Waals surface area (Å²) in [5.74, 6) is -0.646. The lowest BCUT2D eigenvalue weighted by atomic mass is 10.0. The summed E-state index contributed by atoms with van der Waals surface area (Å²) in [6.45, 7) is 0. The lowest BCUT2D eigenvalue weighted by Crippen LogP contribution is -2.36. The van der Waals surface area contributed by atoms with Crippen LogP contribution in [-0.4, -0.2) is 36.4 Å². The Morgan fingerprint density at radius 2 is 1.76 bits per heavy atom. The standard InChI is InChI=1S/C11H15NO5/c1-16-6-4-3-5-7(17-2)8(6)10(13)9(12)11(14)15/h3-5,9-10,13H,12H2,1-2H3,(H,14,15). The van der Waals surface area contributed by atoms with Crippen LogP contribution >= 0.6 is 0 Å². The summed E-state index contributed by atoms with van der Waals surface area (Å²) in [4.78, 5) is 10.7. The minimum absolute atomic E-state index is 0.229. The van der Waals surface area contributed by atoms with Gasteiger partial charge in [-0.1, -0.05) is 6.07 Å². The third-order valence-corrected chi connectivity index (χ3v) is 2.39. The summed E-state index contributed by atoms with van der Waals surface area (Å²) in [6.07, 6.45) is -1.40. The van der Waals surface area contributed by atoms with E-state index in [9.17, 15) is 9.90 Å². The number of carboxylic acids is 1. The van der Waals surface area contributed by atoms with Gasteiger partial charge in [0, 0.05) is 0 Å². The van der Waals surface area contributed by atoms with Crippen molar-refractivity contribution in [2.45, 2.75) is 12.1 Å². The number of methoxy groups -OCH3 is 2. The van der Waals surface area contributed by atoms with Gasteiger partial charge in [0.2, 0.25) is 0 Å². The molecule has 6 heteroatoms. The largest absolute Gasteiger partial charge is 0.496 e. The van der Waals surface area contributed by atoms with E-state index < -0.39 is 18.1 Å². The molecule has 0 spiro atoms. The van der Waals surface area contributed by atoms with Crippen molar-refractivity contribution in [1.82, 2.24) is 0 Å². The topological polar surface area (TPSA) is 102 Å². The Hall–Kier alpha value is -1.79. The lowest BCUT2D eigenvalue weighted by molar-refractivity contribution is -0.141. The van der Waals surface area contributed by atoms with Gasteiger partial charge < -0.3 is 25.4 Å². The molecule has 1 aromatic rings. The van der Waals surface area contributed by atoms with E-state index in [1.54, 1.807) is 18.2 Å². The number of rotatable bonds is 5. The first-order chi connectivity index (χ1) is 8.02. The molecule has 0 aliphatic carbocycles. The Morgan fingerprint density at radius 3 is 2.12 bits per heavy atom. The smallest absolute Gasteiger partial charge is 0.323 e. The molecule has 0 radical (unpaired) electrons. The van der Waals surface area contributed by atoms with Gasteiger partial charge in [-0.25, -0.2) is 0 Å². The summed E-state index contributed by atoms with van der Waals surface area (Å²) in [7, 11) is 2.83. The van der Waals surface area contributed by atoms with Gasteiger partial charge in [-0.05, 0) is 12.1 Å². The second-order valence-corrected chi connectivity index (χ2v) is 3.39. The van der Waals surface area contributed by atoms with Crippen LogP contribution in [0.2, 0.25) is 0 Å². The van der Waals surface area contributed by atoms with E-state index in [2.05, 4.69) is 0 Å². The molecular weight excluding hydrogens is 226 g/mol. The van der Waals surface area contributed by atoms with E-state index in [0.29, 0.717) is 11.5 Å². The van der Waals surface area contributed by atoms with Crippen LogP contribution in [0, 0.1) is 0 Å². The van der Waals surface area contributed by atoms with Crippen LogP contribution in [-0.2, 0) is 4.79 Å². The first-order valence-electron chi connectivity index (χ1n) is 4.90.